The Bertz CT molecular complexity index is 1010. The number of rotatable bonds is 8. The van der Waals surface area contributed by atoms with Crippen LogP contribution < -0.4 is 0 Å². The third kappa shape index (κ3) is 5.24. The van der Waals surface area contributed by atoms with Crippen LogP contribution in [-0.2, 0) is 25.1 Å². The van der Waals surface area contributed by atoms with E-state index in [9.17, 15) is 8.42 Å². The Morgan fingerprint density at radius 3 is 2.42 bits per heavy atom. The third-order valence-corrected chi connectivity index (χ3v) is 7.77. The van der Waals surface area contributed by atoms with Gasteiger partial charge < -0.3 is 14.0 Å². The summed E-state index contributed by atoms with van der Waals surface area (Å²) in [6, 6.07) is -0.0179. The van der Waals surface area contributed by atoms with E-state index in [1.807, 2.05) is 32.3 Å². The summed E-state index contributed by atoms with van der Waals surface area (Å²) in [7, 11) is -2.24. The van der Waals surface area contributed by atoms with Crippen LogP contribution >= 0.6 is 11.6 Å². The maximum Gasteiger partial charge on any atom is 0.163 e. The van der Waals surface area contributed by atoms with E-state index < -0.39 is 21.2 Å². The van der Waals surface area contributed by atoms with Crippen molar-refractivity contribution in [1.29, 1.82) is 0 Å². The molecule has 0 aromatic carbocycles. The van der Waals surface area contributed by atoms with Gasteiger partial charge in [0.05, 0.1) is 15.9 Å². The monoisotopic (exact) mass is 471 g/mol. The van der Waals surface area contributed by atoms with E-state index in [0.29, 0.717) is 16.7 Å². The first-order valence-electron chi connectivity index (χ1n) is 10.3. The third-order valence-electron chi connectivity index (χ3n) is 5.54. The van der Waals surface area contributed by atoms with Crippen molar-refractivity contribution in [3.8, 4) is 0 Å². The lowest BCUT2D eigenvalue weighted by Crippen LogP contribution is -2.30. The summed E-state index contributed by atoms with van der Waals surface area (Å²) in [4.78, 5) is 8.25. The lowest BCUT2D eigenvalue weighted by atomic mass is 10.1. The molecule has 0 bridgehead atoms. The van der Waals surface area contributed by atoms with Crippen molar-refractivity contribution in [3.63, 3.8) is 0 Å². The van der Waals surface area contributed by atoms with Crippen LogP contribution in [0.5, 0.6) is 0 Å². The first kappa shape index (κ1) is 24.0. The molecule has 1 saturated heterocycles. The van der Waals surface area contributed by atoms with Gasteiger partial charge in [-0.15, -0.1) is 10.2 Å². The number of nitrogens with zero attached hydrogens (tertiary/aromatic N) is 5. The van der Waals surface area contributed by atoms with E-state index in [-0.39, 0.29) is 29.3 Å². The van der Waals surface area contributed by atoms with Crippen molar-refractivity contribution in [2.24, 2.45) is 0 Å². The predicted molar refractivity (Wildman–Crippen MR) is 116 cm³/mol. The van der Waals surface area contributed by atoms with Crippen LogP contribution in [0.15, 0.2) is 12.4 Å². The van der Waals surface area contributed by atoms with Crippen LogP contribution in [0.1, 0.15) is 83.2 Å². The molecule has 0 saturated carbocycles. The number of hydrogen-bond acceptors (Lipinski definition) is 8. The second-order valence-electron chi connectivity index (χ2n) is 8.77. The molecule has 3 heterocycles. The molecule has 1 fully saturated rings. The van der Waals surface area contributed by atoms with Crippen LogP contribution in [0.25, 0.3) is 0 Å². The molecule has 0 radical (unpaired) electrons. The average molecular weight is 472 g/mol. The SMILES string of the molecule is CO[C@H](c1ncc(Cl)cn1)[C@H](C)S(=O)(=O)Cc1nnc([C@H]2CCC(C)(C)O2)n1C(C)C. The quantitative estimate of drug-likeness (QED) is 0.574. The maximum absolute atomic E-state index is 13.3. The van der Waals surface area contributed by atoms with Crippen LogP contribution in [0, 0.1) is 0 Å². The summed E-state index contributed by atoms with van der Waals surface area (Å²) in [6.07, 6.45) is 3.52. The summed E-state index contributed by atoms with van der Waals surface area (Å²) in [6.45, 7) is 9.62. The molecule has 172 valence electrons. The van der Waals surface area contributed by atoms with Gasteiger partial charge >= 0.3 is 0 Å². The van der Waals surface area contributed by atoms with Gasteiger partial charge in [-0.05, 0) is 47.5 Å². The van der Waals surface area contributed by atoms with Gasteiger partial charge in [-0.25, -0.2) is 18.4 Å². The molecule has 0 aliphatic carbocycles. The number of aromatic nitrogens is 5. The minimum Gasteiger partial charge on any atom is -0.372 e. The Morgan fingerprint density at radius 2 is 1.90 bits per heavy atom. The molecule has 0 unspecified atom stereocenters. The maximum atomic E-state index is 13.3. The molecule has 3 rings (SSSR count). The number of hydrogen-bond donors (Lipinski definition) is 0. The largest absolute Gasteiger partial charge is 0.372 e. The van der Waals surface area contributed by atoms with Crippen molar-refractivity contribution in [2.75, 3.05) is 7.11 Å². The fourth-order valence-electron chi connectivity index (χ4n) is 3.86. The summed E-state index contributed by atoms with van der Waals surface area (Å²) in [5.74, 6) is 1.04. The molecule has 9 nitrogen and oxygen atoms in total. The highest BCUT2D eigenvalue weighted by atomic mass is 35.5. The van der Waals surface area contributed by atoms with E-state index in [2.05, 4.69) is 20.2 Å². The average Bonchev–Trinajstić information content (AvgIpc) is 3.26. The minimum absolute atomic E-state index is 0.0179. The Hall–Kier alpha value is -1.62. The second kappa shape index (κ2) is 9.09. The number of sulfone groups is 1. The van der Waals surface area contributed by atoms with Gasteiger partial charge in [0.2, 0.25) is 0 Å². The smallest absolute Gasteiger partial charge is 0.163 e. The summed E-state index contributed by atoms with van der Waals surface area (Å²) < 4.78 is 40.0. The minimum atomic E-state index is -3.67. The van der Waals surface area contributed by atoms with Crippen molar-refractivity contribution in [3.05, 3.63) is 34.9 Å². The zero-order valence-electron chi connectivity index (χ0n) is 18.7. The summed E-state index contributed by atoms with van der Waals surface area (Å²) in [5, 5.41) is 8.01. The van der Waals surface area contributed by atoms with Crippen LogP contribution in [-0.4, -0.2) is 51.1 Å². The Morgan fingerprint density at radius 1 is 1.26 bits per heavy atom. The zero-order chi connectivity index (χ0) is 23.0. The van der Waals surface area contributed by atoms with E-state index in [1.165, 1.54) is 19.5 Å². The summed E-state index contributed by atoms with van der Waals surface area (Å²) in [5.41, 5.74) is -0.233. The van der Waals surface area contributed by atoms with Crippen molar-refractivity contribution in [1.82, 2.24) is 24.7 Å². The normalized spacial score (nSPS) is 20.8. The first-order valence-corrected chi connectivity index (χ1v) is 12.4. The molecule has 0 spiro atoms. The Kier molecular flexibility index (Phi) is 7.05. The van der Waals surface area contributed by atoms with Crippen LogP contribution in [0.2, 0.25) is 5.02 Å². The Labute approximate surface area is 188 Å². The molecule has 2 aromatic heterocycles. The van der Waals surface area contributed by atoms with Crippen molar-refractivity contribution in [2.45, 2.75) is 82.3 Å². The second-order valence-corrected chi connectivity index (χ2v) is 11.6. The predicted octanol–water partition coefficient (Wildman–Crippen LogP) is 3.62. The first-order chi connectivity index (χ1) is 14.4. The number of halogens is 1. The van der Waals surface area contributed by atoms with Gasteiger partial charge in [0.15, 0.2) is 21.5 Å². The van der Waals surface area contributed by atoms with Crippen LogP contribution in [0.4, 0.5) is 0 Å². The molecule has 2 aromatic rings. The van der Waals surface area contributed by atoms with Gasteiger partial charge in [-0.2, -0.15) is 0 Å². The van der Waals surface area contributed by atoms with E-state index in [1.54, 1.807) is 6.92 Å². The van der Waals surface area contributed by atoms with E-state index in [4.69, 9.17) is 21.1 Å². The highest BCUT2D eigenvalue weighted by Gasteiger charge is 2.38. The number of ether oxygens (including phenoxy) is 2. The van der Waals surface area contributed by atoms with Crippen LogP contribution in [0.3, 0.4) is 0 Å². The lowest BCUT2D eigenvalue weighted by Gasteiger charge is -2.23. The number of methoxy groups -OCH3 is 1. The standard InChI is InChI=1S/C20H30ClN5O4S/c1-12(2)26-16(24-25-19(26)15-7-8-20(4,5)30-15)11-31(27,28)13(3)17(29-6)18-22-9-14(21)10-23-18/h9-10,12-13,15,17H,7-8,11H2,1-6H3/t13-,15+,17-/m0/s1. The van der Waals surface area contributed by atoms with Gasteiger partial charge in [0.25, 0.3) is 0 Å². The summed E-state index contributed by atoms with van der Waals surface area (Å²) >= 11 is 5.84. The highest BCUT2D eigenvalue weighted by molar-refractivity contribution is 7.91. The fourth-order valence-corrected chi connectivity index (χ4v) is 5.38. The lowest BCUT2D eigenvalue weighted by molar-refractivity contribution is -0.0219. The van der Waals surface area contributed by atoms with Gasteiger partial charge in [-0.1, -0.05) is 11.6 Å². The molecule has 0 amide bonds. The molecular formula is C20H30ClN5O4S. The van der Waals surface area contributed by atoms with E-state index >= 15 is 0 Å². The molecule has 0 N–H and O–H groups in total. The highest BCUT2D eigenvalue weighted by Crippen LogP contribution is 2.39. The van der Waals surface area contributed by atoms with Gasteiger partial charge in [0.1, 0.15) is 23.8 Å². The molecule has 11 heteroatoms. The van der Waals surface area contributed by atoms with E-state index in [0.717, 1.165) is 12.8 Å². The molecule has 3 atom stereocenters. The zero-order valence-corrected chi connectivity index (χ0v) is 20.3. The molecular weight excluding hydrogens is 442 g/mol. The Balaban J connectivity index is 1.87. The van der Waals surface area contributed by atoms with Gasteiger partial charge in [-0.3, -0.25) is 0 Å². The molecule has 1 aliphatic heterocycles. The molecule has 1 aliphatic rings. The molecule has 31 heavy (non-hydrogen) atoms. The van der Waals surface area contributed by atoms with Crippen molar-refractivity contribution < 1.29 is 17.9 Å². The topological polar surface area (TPSA) is 109 Å². The fraction of sp³-hybridized carbons (Fsp3) is 0.700. The van der Waals surface area contributed by atoms with Gasteiger partial charge in [0, 0.05) is 25.5 Å². The van der Waals surface area contributed by atoms with Crippen molar-refractivity contribution >= 4 is 21.4 Å².